The van der Waals surface area contributed by atoms with Gasteiger partial charge in [-0.1, -0.05) is 12.1 Å². The zero-order valence-electron chi connectivity index (χ0n) is 11.9. The third-order valence-electron chi connectivity index (χ3n) is 3.27. The van der Waals surface area contributed by atoms with Gasteiger partial charge in [-0.15, -0.1) is 0 Å². The molecule has 1 aliphatic heterocycles. The summed E-state index contributed by atoms with van der Waals surface area (Å²) in [6, 6.07) is 8.40. The second-order valence-corrected chi connectivity index (χ2v) is 6.60. The summed E-state index contributed by atoms with van der Waals surface area (Å²) in [4.78, 5) is 14.4. The molecule has 1 amide bonds. The third-order valence-corrected chi connectivity index (χ3v) is 3.99. The molecular formula is C15H21IN2O2. The van der Waals surface area contributed by atoms with Crippen molar-refractivity contribution in [2.45, 2.75) is 32.5 Å². The lowest BCUT2D eigenvalue weighted by atomic mass is 10.1. The number of nitrogens with zero attached hydrogens (tertiary/aromatic N) is 1. The van der Waals surface area contributed by atoms with Crippen molar-refractivity contribution in [3.63, 3.8) is 0 Å². The lowest BCUT2D eigenvalue weighted by Gasteiger charge is -2.35. The Labute approximate surface area is 134 Å². The van der Waals surface area contributed by atoms with Gasteiger partial charge in [0, 0.05) is 22.7 Å². The fraction of sp³-hybridized carbons (Fsp3) is 0.533. The van der Waals surface area contributed by atoms with E-state index in [0.29, 0.717) is 13.2 Å². The molecule has 0 aromatic heterocycles. The highest BCUT2D eigenvalue weighted by Crippen LogP contribution is 2.14. The van der Waals surface area contributed by atoms with Gasteiger partial charge in [-0.05, 0) is 54.1 Å². The quantitative estimate of drug-likeness (QED) is 0.803. The molecule has 2 rings (SSSR count). The molecule has 0 aliphatic carbocycles. The number of halogens is 1. The fourth-order valence-corrected chi connectivity index (χ4v) is 2.63. The smallest absolute Gasteiger partial charge is 0.239 e. The largest absolute Gasteiger partial charge is 0.378 e. The number of carbonyl (C=O) groups excluding carboxylic acids is 1. The van der Waals surface area contributed by atoms with Crippen molar-refractivity contribution in [3.8, 4) is 0 Å². The van der Waals surface area contributed by atoms with Crippen LogP contribution in [0.15, 0.2) is 24.3 Å². The molecule has 1 aromatic rings. The zero-order valence-corrected chi connectivity index (χ0v) is 14.1. The molecule has 1 unspecified atom stereocenters. The molecule has 5 heteroatoms. The summed E-state index contributed by atoms with van der Waals surface area (Å²) in [6.07, 6.45) is 0. The molecule has 1 fully saturated rings. The van der Waals surface area contributed by atoms with Crippen LogP contribution in [0.5, 0.6) is 0 Å². The van der Waals surface area contributed by atoms with Crippen LogP contribution in [0, 0.1) is 3.57 Å². The van der Waals surface area contributed by atoms with Gasteiger partial charge in [0.25, 0.3) is 0 Å². The molecule has 110 valence electrons. The summed E-state index contributed by atoms with van der Waals surface area (Å²) in [6.45, 7) is 6.70. The lowest BCUT2D eigenvalue weighted by molar-refractivity contribution is -0.133. The number of benzene rings is 1. The fourth-order valence-electron chi connectivity index (χ4n) is 2.27. The Kier molecular flexibility index (Phi) is 5.80. The van der Waals surface area contributed by atoms with Crippen molar-refractivity contribution in [1.82, 2.24) is 10.2 Å². The van der Waals surface area contributed by atoms with Gasteiger partial charge >= 0.3 is 0 Å². The zero-order chi connectivity index (χ0) is 14.5. The van der Waals surface area contributed by atoms with E-state index in [0.717, 1.165) is 13.1 Å². The van der Waals surface area contributed by atoms with Gasteiger partial charge in [0.05, 0.1) is 13.2 Å². The van der Waals surface area contributed by atoms with E-state index in [2.05, 4.69) is 57.1 Å². The first-order valence-corrected chi connectivity index (χ1v) is 8.01. The molecule has 0 spiro atoms. The normalized spacial score (nSPS) is 20.1. The van der Waals surface area contributed by atoms with Crippen LogP contribution < -0.4 is 5.32 Å². The number of hydrogen-bond donors (Lipinski definition) is 1. The minimum absolute atomic E-state index is 0.0604. The van der Waals surface area contributed by atoms with Crippen molar-refractivity contribution in [1.29, 1.82) is 0 Å². The predicted molar refractivity (Wildman–Crippen MR) is 87.5 cm³/mol. The number of nitrogens with one attached hydrogen (secondary N) is 1. The average Bonchev–Trinajstić information content (AvgIpc) is 2.41. The van der Waals surface area contributed by atoms with Crippen LogP contribution in [0.3, 0.4) is 0 Å². The second kappa shape index (κ2) is 7.38. The molecule has 0 radical (unpaired) electrons. The van der Waals surface area contributed by atoms with Gasteiger partial charge in [-0.3, -0.25) is 9.69 Å². The average molecular weight is 388 g/mol. The van der Waals surface area contributed by atoms with Gasteiger partial charge in [0.2, 0.25) is 5.91 Å². The van der Waals surface area contributed by atoms with E-state index in [1.54, 1.807) is 0 Å². The summed E-state index contributed by atoms with van der Waals surface area (Å²) >= 11 is 2.30. The molecule has 0 bridgehead atoms. The Bertz CT molecular complexity index is 448. The van der Waals surface area contributed by atoms with Crippen molar-refractivity contribution < 1.29 is 9.53 Å². The van der Waals surface area contributed by atoms with E-state index in [4.69, 9.17) is 4.74 Å². The molecule has 4 nitrogen and oxygen atoms in total. The monoisotopic (exact) mass is 388 g/mol. The standard InChI is InChI=1S/C15H21IN2O2/c1-11(2)17-15(19)14-10-20-8-7-18(14)9-12-3-5-13(16)6-4-12/h3-6,11,14H,7-10H2,1-2H3,(H,17,19). The second-order valence-electron chi connectivity index (χ2n) is 5.35. The first-order chi connectivity index (χ1) is 9.56. The number of carbonyl (C=O) groups is 1. The summed E-state index contributed by atoms with van der Waals surface area (Å²) in [5.41, 5.74) is 1.23. The van der Waals surface area contributed by atoms with Crippen LogP contribution in [-0.4, -0.2) is 42.6 Å². The van der Waals surface area contributed by atoms with Crippen LogP contribution in [0.4, 0.5) is 0 Å². The van der Waals surface area contributed by atoms with Gasteiger partial charge in [-0.2, -0.15) is 0 Å². The summed E-state index contributed by atoms with van der Waals surface area (Å²) in [5, 5.41) is 2.98. The Morgan fingerprint density at radius 3 is 2.80 bits per heavy atom. The molecule has 0 saturated carbocycles. The van der Waals surface area contributed by atoms with E-state index >= 15 is 0 Å². The van der Waals surface area contributed by atoms with Crippen LogP contribution >= 0.6 is 22.6 Å². The summed E-state index contributed by atoms with van der Waals surface area (Å²) in [7, 11) is 0. The van der Waals surface area contributed by atoms with Gasteiger partial charge in [0.1, 0.15) is 6.04 Å². The minimum atomic E-state index is -0.189. The SMILES string of the molecule is CC(C)NC(=O)C1COCCN1Cc1ccc(I)cc1. The lowest BCUT2D eigenvalue weighted by Crippen LogP contribution is -2.54. The molecular weight excluding hydrogens is 367 g/mol. The number of morpholine rings is 1. The summed E-state index contributed by atoms with van der Waals surface area (Å²) < 4.78 is 6.69. The Morgan fingerprint density at radius 1 is 1.45 bits per heavy atom. The van der Waals surface area contributed by atoms with Gasteiger partial charge in [-0.25, -0.2) is 0 Å². The van der Waals surface area contributed by atoms with E-state index < -0.39 is 0 Å². The van der Waals surface area contributed by atoms with Crippen LogP contribution in [0.2, 0.25) is 0 Å². The van der Waals surface area contributed by atoms with Crippen LogP contribution in [-0.2, 0) is 16.1 Å². The van der Waals surface area contributed by atoms with Crippen molar-refractivity contribution in [2.24, 2.45) is 0 Å². The minimum Gasteiger partial charge on any atom is -0.378 e. The summed E-state index contributed by atoms with van der Waals surface area (Å²) in [5.74, 6) is 0.0604. The molecule has 1 N–H and O–H groups in total. The number of hydrogen-bond acceptors (Lipinski definition) is 3. The molecule has 1 aliphatic rings. The predicted octanol–water partition coefficient (Wildman–Crippen LogP) is 2.02. The maximum Gasteiger partial charge on any atom is 0.239 e. The Morgan fingerprint density at radius 2 is 2.15 bits per heavy atom. The van der Waals surface area contributed by atoms with E-state index in [1.807, 2.05) is 13.8 Å². The van der Waals surface area contributed by atoms with Crippen LogP contribution in [0.25, 0.3) is 0 Å². The highest BCUT2D eigenvalue weighted by Gasteiger charge is 2.29. The number of amides is 1. The highest BCUT2D eigenvalue weighted by atomic mass is 127. The first-order valence-electron chi connectivity index (χ1n) is 6.93. The topological polar surface area (TPSA) is 41.6 Å². The number of rotatable bonds is 4. The van der Waals surface area contributed by atoms with Crippen molar-refractivity contribution >= 4 is 28.5 Å². The van der Waals surface area contributed by atoms with Crippen molar-refractivity contribution in [2.75, 3.05) is 19.8 Å². The first kappa shape index (κ1) is 15.7. The number of ether oxygens (including phenoxy) is 1. The maximum atomic E-state index is 12.2. The van der Waals surface area contributed by atoms with Gasteiger partial charge in [0.15, 0.2) is 0 Å². The molecule has 1 aromatic carbocycles. The molecule has 1 heterocycles. The van der Waals surface area contributed by atoms with E-state index in [1.165, 1.54) is 9.13 Å². The van der Waals surface area contributed by atoms with Crippen molar-refractivity contribution in [3.05, 3.63) is 33.4 Å². The molecule has 1 atom stereocenters. The van der Waals surface area contributed by atoms with Crippen LogP contribution in [0.1, 0.15) is 19.4 Å². The Hall–Kier alpha value is -0.660. The molecule has 1 saturated heterocycles. The highest BCUT2D eigenvalue weighted by molar-refractivity contribution is 14.1. The van der Waals surface area contributed by atoms with E-state index in [-0.39, 0.29) is 18.0 Å². The maximum absolute atomic E-state index is 12.2. The Balaban J connectivity index is 2.03. The third kappa shape index (κ3) is 4.43. The van der Waals surface area contributed by atoms with E-state index in [9.17, 15) is 4.79 Å². The van der Waals surface area contributed by atoms with Gasteiger partial charge < -0.3 is 10.1 Å². The molecule has 20 heavy (non-hydrogen) atoms.